The summed E-state index contributed by atoms with van der Waals surface area (Å²) in [5.74, 6) is 0.234. The highest BCUT2D eigenvalue weighted by atomic mass is 16.2. The van der Waals surface area contributed by atoms with Crippen molar-refractivity contribution in [3.63, 3.8) is 0 Å². The minimum Gasteiger partial charge on any atom is -0.339 e. The lowest BCUT2D eigenvalue weighted by atomic mass is 10.1. The summed E-state index contributed by atoms with van der Waals surface area (Å²) < 4.78 is 1.95. The van der Waals surface area contributed by atoms with E-state index in [0.29, 0.717) is 19.0 Å². The molecule has 1 atom stereocenters. The molecule has 1 aromatic heterocycles. The Kier molecular flexibility index (Phi) is 4.96. The lowest BCUT2D eigenvalue weighted by molar-refractivity contribution is -0.133. The van der Waals surface area contributed by atoms with Gasteiger partial charge in [-0.05, 0) is 33.2 Å². The zero-order valence-electron chi connectivity index (χ0n) is 11.9. The van der Waals surface area contributed by atoms with Gasteiger partial charge in [0.25, 0.3) is 0 Å². The minimum absolute atomic E-state index is 0.234. The van der Waals surface area contributed by atoms with Gasteiger partial charge in [0.15, 0.2) is 0 Å². The molecule has 1 aliphatic rings. The van der Waals surface area contributed by atoms with E-state index < -0.39 is 0 Å². The van der Waals surface area contributed by atoms with Crippen LogP contribution in [-0.4, -0.2) is 45.5 Å². The van der Waals surface area contributed by atoms with Crippen LogP contribution in [0.1, 0.15) is 33.1 Å². The molecule has 0 saturated carbocycles. The van der Waals surface area contributed by atoms with Crippen molar-refractivity contribution >= 4 is 5.91 Å². The van der Waals surface area contributed by atoms with Gasteiger partial charge < -0.3 is 14.8 Å². The van der Waals surface area contributed by atoms with Gasteiger partial charge >= 0.3 is 0 Å². The Hall–Kier alpha value is -1.36. The standard InChI is InChI=1S/C14H24N4O/c1-12(2)18(10-13-4-3-6-16-13)14(19)5-8-17-9-7-15-11-17/h7,9,11-13,16H,3-6,8,10H2,1-2H3. The molecule has 2 rings (SSSR count). The predicted molar refractivity (Wildman–Crippen MR) is 74.7 cm³/mol. The summed E-state index contributed by atoms with van der Waals surface area (Å²) in [6, 6.07) is 0.734. The number of carbonyl (C=O) groups is 1. The van der Waals surface area contributed by atoms with Crippen LogP contribution < -0.4 is 5.32 Å². The summed E-state index contributed by atoms with van der Waals surface area (Å²) in [5.41, 5.74) is 0. The van der Waals surface area contributed by atoms with Crippen molar-refractivity contribution in [1.29, 1.82) is 0 Å². The van der Waals surface area contributed by atoms with Crippen molar-refractivity contribution in [2.24, 2.45) is 0 Å². The molecule has 1 amide bonds. The molecule has 1 aliphatic heterocycles. The third-order valence-electron chi connectivity index (χ3n) is 3.67. The third kappa shape index (κ3) is 4.06. The van der Waals surface area contributed by atoms with Crippen LogP contribution in [0.5, 0.6) is 0 Å². The molecule has 0 aliphatic carbocycles. The largest absolute Gasteiger partial charge is 0.339 e. The fourth-order valence-electron chi connectivity index (χ4n) is 2.54. The van der Waals surface area contributed by atoms with Crippen LogP contribution in [0.25, 0.3) is 0 Å². The average Bonchev–Trinajstić information content (AvgIpc) is 3.05. The van der Waals surface area contributed by atoms with E-state index in [1.807, 2.05) is 15.7 Å². The van der Waals surface area contributed by atoms with Crippen molar-refractivity contribution in [2.45, 2.75) is 51.7 Å². The Morgan fingerprint density at radius 2 is 2.42 bits per heavy atom. The number of nitrogens with one attached hydrogen (secondary N) is 1. The number of rotatable bonds is 6. The summed E-state index contributed by atoms with van der Waals surface area (Å²) in [4.78, 5) is 18.3. The Morgan fingerprint density at radius 1 is 1.58 bits per heavy atom. The second kappa shape index (κ2) is 6.70. The molecule has 0 spiro atoms. The molecular weight excluding hydrogens is 240 g/mol. The topological polar surface area (TPSA) is 50.2 Å². The van der Waals surface area contributed by atoms with Gasteiger partial charge in [0, 0.05) is 44.0 Å². The van der Waals surface area contributed by atoms with E-state index in [1.165, 1.54) is 12.8 Å². The Labute approximate surface area is 115 Å². The molecule has 0 radical (unpaired) electrons. The van der Waals surface area contributed by atoms with Gasteiger partial charge in [-0.3, -0.25) is 4.79 Å². The molecule has 0 aromatic carbocycles. The molecule has 2 heterocycles. The van der Waals surface area contributed by atoms with E-state index in [2.05, 4.69) is 24.1 Å². The highest BCUT2D eigenvalue weighted by Gasteiger charge is 2.23. The first-order valence-electron chi connectivity index (χ1n) is 7.15. The number of nitrogens with zero attached hydrogens (tertiary/aromatic N) is 3. The minimum atomic E-state index is 0.234. The molecule has 19 heavy (non-hydrogen) atoms. The SMILES string of the molecule is CC(C)N(CC1CCCN1)C(=O)CCn1ccnc1. The summed E-state index contributed by atoms with van der Waals surface area (Å²) in [7, 11) is 0. The Bertz CT molecular complexity index is 382. The summed E-state index contributed by atoms with van der Waals surface area (Å²) in [6.07, 6.45) is 8.34. The van der Waals surface area contributed by atoms with Gasteiger partial charge in [-0.15, -0.1) is 0 Å². The molecule has 106 valence electrons. The summed E-state index contributed by atoms with van der Waals surface area (Å²) in [6.45, 7) is 6.80. The second-order valence-corrected chi connectivity index (χ2v) is 5.48. The number of imidazole rings is 1. The highest BCUT2D eigenvalue weighted by Crippen LogP contribution is 2.11. The maximum Gasteiger partial charge on any atom is 0.224 e. The predicted octanol–water partition coefficient (Wildman–Crippen LogP) is 1.26. The number of carbonyl (C=O) groups excluding carboxylic acids is 1. The summed E-state index contributed by atoms with van der Waals surface area (Å²) in [5, 5.41) is 3.46. The van der Waals surface area contributed by atoms with Crippen molar-refractivity contribution in [3.05, 3.63) is 18.7 Å². The van der Waals surface area contributed by atoms with E-state index in [0.717, 1.165) is 13.1 Å². The zero-order valence-corrected chi connectivity index (χ0v) is 11.9. The van der Waals surface area contributed by atoms with Gasteiger partial charge in [-0.1, -0.05) is 0 Å². The highest BCUT2D eigenvalue weighted by molar-refractivity contribution is 5.76. The van der Waals surface area contributed by atoms with Gasteiger partial charge in [0.1, 0.15) is 0 Å². The van der Waals surface area contributed by atoms with E-state index in [1.54, 1.807) is 12.5 Å². The summed E-state index contributed by atoms with van der Waals surface area (Å²) >= 11 is 0. The lowest BCUT2D eigenvalue weighted by Crippen LogP contribution is -2.45. The van der Waals surface area contributed by atoms with Gasteiger partial charge in [-0.2, -0.15) is 0 Å². The van der Waals surface area contributed by atoms with Crippen molar-refractivity contribution < 1.29 is 4.79 Å². The van der Waals surface area contributed by atoms with Crippen LogP contribution in [0, 0.1) is 0 Å². The second-order valence-electron chi connectivity index (χ2n) is 5.48. The first kappa shape index (κ1) is 14.1. The van der Waals surface area contributed by atoms with Crippen LogP contribution in [0.2, 0.25) is 0 Å². The normalized spacial score (nSPS) is 19.0. The zero-order chi connectivity index (χ0) is 13.7. The van der Waals surface area contributed by atoms with Gasteiger partial charge in [0.2, 0.25) is 5.91 Å². The Balaban J connectivity index is 1.84. The Morgan fingerprint density at radius 3 is 3.00 bits per heavy atom. The van der Waals surface area contributed by atoms with Crippen molar-refractivity contribution in [2.75, 3.05) is 13.1 Å². The van der Waals surface area contributed by atoms with Gasteiger partial charge in [-0.25, -0.2) is 4.98 Å². The fraction of sp³-hybridized carbons (Fsp3) is 0.714. The average molecular weight is 264 g/mol. The van der Waals surface area contributed by atoms with Crippen LogP contribution in [-0.2, 0) is 11.3 Å². The molecule has 5 nitrogen and oxygen atoms in total. The van der Waals surface area contributed by atoms with Crippen LogP contribution >= 0.6 is 0 Å². The number of hydrogen-bond donors (Lipinski definition) is 1. The third-order valence-corrected chi connectivity index (χ3v) is 3.67. The maximum absolute atomic E-state index is 12.3. The quantitative estimate of drug-likeness (QED) is 0.841. The van der Waals surface area contributed by atoms with Crippen molar-refractivity contribution in [3.8, 4) is 0 Å². The molecular formula is C14H24N4O. The lowest BCUT2D eigenvalue weighted by Gasteiger charge is -2.29. The molecule has 1 fully saturated rings. The number of hydrogen-bond acceptors (Lipinski definition) is 3. The number of aromatic nitrogens is 2. The fourth-order valence-corrected chi connectivity index (χ4v) is 2.54. The van der Waals surface area contributed by atoms with Gasteiger partial charge in [0.05, 0.1) is 6.33 Å². The first-order chi connectivity index (χ1) is 9.16. The smallest absolute Gasteiger partial charge is 0.224 e. The molecule has 5 heteroatoms. The van der Waals surface area contributed by atoms with Crippen LogP contribution in [0.15, 0.2) is 18.7 Å². The van der Waals surface area contributed by atoms with E-state index in [-0.39, 0.29) is 11.9 Å². The first-order valence-corrected chi connectivity index (χ1v) is 7.15. The van der Waals surface area contributed by atoms with E-state index >= 15 is 0 Å². The number of aryl methyl sites for hydroxylation is 1. The monoisotopic (exact) mass is 264 g/mol. The maximum atomic E-state index is 12.3. The molecule has 0 bridgehead atoms. The van der Waals surface area contributed by atoms with Crippen molar-refractivity contribution in [1.82, 2.24) is 19.8 Å². The van der Waals surface area contributed by atoms with E-state index in [9.17, 15) is 4.79 Å². The number of amides is 1. The van der Waals surface area contributed by atoms with Crippen LogP contribution in [0.4, 0.5) is 0 Å². The molecule has 1 unspecified atom stereocenters. The molecule has 1 saturated heterocycles. The molecule has 1 aromatic rings. The molecule has 1 N–H and O–H groups in total. The van der Waals surface area contributed by atoms with Crippen LogP contribution in [0.3, 0.4) is 0 Å². The van der Waals surface area contributed by atoms with E-state index in [4.69, 9.17) is 0 Å².